The predicted molar refractivity (Wildman–Crippen MR) is 114 cm³/mol. The fourth-order valence-corrected chi connectivity index (χ4v) is 2.83. The number of hydrogen-bond acceptors (Lipinski definition) is 4. The number of halogens is 4. The first-order valence-corrected chi connectivity index (χ1v) is 10.1. The van der Waals surface area contributed by atoms with Gasteiger partial charge in [0.2, 0.25) is 0 Å². The minimum absolute atomic E-state index is 0.150. The van der Waals surface area contributed by atoms with Gasteiger partial charge in [-0.15, -0.1) is 0 Å². The smallest absolute Gasteiger partial charge is 0.330 e. The molecule has 0 atom stereocenters. The largest absolute Gasteiger partial charge is 0.471 e. The Morgan fingerprint density at radius 3 is 2.61 bits per heavy atom. The standard InChI is InChI=1S/C23H23F4N3O3/c1-2-16-6-8-20(9-7-16)33-15-30-12-19(11-28-30)29-21(31)18-5-3-4-17(10-18)13-32-14-23(26,27)22(24)25/h3-12,22H,2,13-15H2,1H3,(H,29,31). The third-order valence-corrected chi connectivity index (χ3v) is 4.66. The Hall–Kier alpha value is -3.40. The molecule has 3 aromatic rings. The van der Waals surface area contributed by atoms with E-state index < -0.39 is 24.9 Å². The fourth-order valence-electron chi connectivity index (χ4n) is 2.83. The van der Waals surface area contributed by atoms with Crippen molar-refractivity contribution in [2.24, 2.45) is 0 Å². The summed E-state index contributed by atoms with van der Waals surface area (Å²) < 4.78 is 62.1. The summed E-state index contributed by atoms with van der Waals surface area (Å²) in [6.07, 6.45) is 0.188. The van der Waals surface area contributed by atoms with Gasteiger partial charge in [0, 0.05) is 5.56 Å². The highest BCUT2D eigenvalue weighted by Crippen LogP contribution is 2.23. The number of ether oxygens (including phenoxy) is 2. The third kappa shape index (κ3) is 7.04. The number of aromatic nitrogens is 2. The van der Waals surface area contributed by atoms with Crippen molar-refractivity contribution in [3.63, 3.8) is 0 Å². The topological polar surface area (TPSA) is 65.4 Å². The lowest BCUT2D eigenvalue weighted by molar-refractivity contribution is -0.168. The summed E-state index contributed by atoms with van der Waals surface area (Å²) in [7, 11) is 0. The van der Waals surface area contributed by atoms with E-state index in [0.717, 1.165) is 6.42 Å². The number of benzene rings is 2. The first-order valence-electron chi connectivity index (χ1n) is 10.1. The molecule has 0 aliphatic heterocycles. The number of carbonyl (C=O) groups is 1. The molecule has 1 heterocycles. The van der Waals surface area contributed by atoms with Crippen LogP contribution in [0.5, 0.6) is 5.75 Å². The fraction of sp³-hybridized carbons (Fsp3) is 0.304. The van der Waals surface area contributed by atoms with Crippen molar-refractivity contribution in [2.75, 3.05) is 11.9 Å². The van der Waals surface area contributed by atoms with Gasteiger partial charge in [-0.3, -0.25) is 4.79 Å². The molecule has 6 nitrogen and oxygen atoms in total. The van der Waals surface area contributed by atoms with Gasteiger partial charge >= 0.3 is 12.3 Å². The number of aryl methyl sites for hydroxylation is 1. The van der Waals surface area contributed by atoms with Crippen LogP contribution in [0.3, 0.4) is 0 Å². The molecular weight excluding hydrogens is 442 g/mol. The zero-order valence-corrected chi connectivity index (χ0v) is 17.8. The highest BCUT2D eigenvalue weighted by molar-refractivity contribution is 6.04. The molecule has 1 N–H and O–H groups in total. The van der Waals surface area contributed by atoms with Crippen LogP contribution in [0.15, 0.2) is 60.9 Å². The number of alkyl halides is 4. The molecule has 0 saturated carbocycles. The molecule has 0 saturated heterocycles. The highest BCUT2D eigenvalue weighted by Gasteiger charge is 2.40. The molecule has 10 heteroatoms. The van der Waals surface area contributed by atoms with Gasteiger partial charge in [0.15, 0.2) is 6.73 Å². The van der Waals surface area contributed by atoms with Crippen LogP contribution < -0.4 is 10.1 Å². The number of nitrogens with one attached hydrogen (secondary N) is 1. The average Bonchev–Trinajstić information content (AvgIpc) is 3.25. The van der Waals surface area contributed by atoms with Crippen LogP contribution in [0.25, 0.3) is 0 Å². The highest BCUT2D eigenvalue weighted by atomic mass is 19.3. The van der Waals surface area contributed by atoms with Crippen LogP contribution in [0, 0.1) is 0 Å². The van der Waals surface area contributed by atoms with E-state index in [1.54, 1.807) is 18.3 Å². The zero-order valence-electron chi connectivity index (χ0n) is 17.8. The summed E-state index contributed by atoms with van der Waals surface area (Å²) in [4.78, 5) is 12.5. The Morgan fingerprint density at radius 2 is 1.91 bits per heavy atom. The summed E-state index contributed by atoms with van der Waals surface area (Å²) >= 11 is 0. The molecule has 0 fully saturated rings. The molecule has 0 unspecified atom stereocenters. The molecule has 0 radical (unpaired) electrons. The zero-order chi connectivity index (χ0) is 23.8. The normalized spacial score (nSPS) is 11.6. The van der Waals surface area contributed by atoms with Crippen LogP contribution in [-0.4, -0.2) is 34.6 Å². The molecule has 0 spiro atoms. The van der Waals surface area contributed by atoms with E-state index in [1.165, 1.54) is 28.6 Å². The summed E-state index contributed by atoms with van der Waals surface area (Å²) in [5.74, 6) is -3.98. The van der Waals surface area contributed by atoms with Gasteiger partial charge in [-0.05, 0) is 41.8 Å². The molecule has 3 rings (SSSR count). The summed E-state index contributed by atoms with van der Waals surface area (Å²) in [5, 5.41) is 6.81. The van der Waals surface area contributed by atoms with Crippen LogP contribution in [0.2, 0.25) is 0 Å². The molecule has 1 aromatic heterocycles. The van der Waals surface area contributed by atoms with Gasteiger partial charge in [-0.1, -0.05) is 31.2 Å². The maximum atomic E-state index is 12.9. The van der Waals surface area contributed by atoms with E-state index >= 15 is 0 Å². The number of rotatable bonds is 11. The number of amides is 1. The van der Waals surface area contributed by atoms with Crippen molar-refractivity contribution in [3.8, 4) is 5.75 Å². The predicted octanol–water partition coefficient (Wildman–Crippen LogP) is 5.15. The van der Waals surface area contributed by atoms with Crippen molar-refractivity contribution >= 4 is 11.6 Å². The quantitative estimate of drug-likeness (QED) is 0.398. The average molecular weight is 465 g/mol. The van der Waals surface area contributed by atoms with E-state index in [1.807, 2.05) is 24.3 Å². The molecule has 1 amide bonds. The summed E-state index contributed by atoms with van der Waals surface area (Å²) in [6.45, 7) is 0.470. The van der Waals surface area contributed by atoms with Crippen molar-refractivity contribution in [1.29, 1.82) is 0 Å². The minimum Gasteiger partial charge on any atom is -0.471 e. The Labute approximate surface area is 188 Å². The van der Waals surface area contributed by atoms with E-state index in [4.69, 9.17) is 4.74 Å². The van der Waals surface area contributed by atoms with Gasteiger partial charge in [0.25, 0.3) is 5.91 Å². The van der Waals surface area contributed by atoms with Crippen molar-refractivity contribution in [1.82, 2.24) is 9.78 Å². The minimum atomic E-state index is -4.22. The Morgan fingerprint density at radius 1 is 1.15 bits per heavy atom. The number of nitrogens with zero attached hydrogens (tertiary/aromatic N) is 2. The van der Waals surface area contributed by atoms with E-state index in [2.05, 4.69) is 22.1 Å². The van der Waals surface area contributed by atoms with Crippen LogP contribution in [-0.2, 0) is 24.5 Å². The van der Waals surface area contributed by atoms with Crippen molar-refractivity contribution in [3.05, 3.63) is 77.6 Å². The monoisotopic (exact) mass is 465 g/mol. The van der Waals surface area contributed by atoms with E-state index in [-0.39, 0.29) is 18.9 Å². The third-order valence-electron chi connectivity index (χ3n) is 4.66. The van der Waals surface area contributed by atoms with Gasteiger partial charge in [0.05, 0.1) is 24.7 Å². The van der Waals surface area contributed by atoms with Gasteiger partial charge in [-0.2, -0.15) is 13.9 Å². The van der Waals surface area contributed by atoms with Gasteiger partial charge in [-0.25, -0.2) is 13.5 Å². The van der Waals surface area contributed by atoms with Gasteiger partial charge < -0.3 is 14.8 Å². The van der Waals surface area contributed by atoms with Crippen molar-refractivity contribution < 1.29 is 31.8 Å². The molecule has 176 valence electrons. The second-order valence-electron chi connectivity index (χ2n) is 7.25. The molecule has 0 aliphatic rings. The van der Waals surface area contributed by atoms with Crippen LogP contribution in [0.1, 0.15) is 28.4 Å². The molecule has 2 aromatic carbocycles. The van der Waals surface area contributed by atoms with E-state index in [0.29, 0.717) is 17.0 Å². The van der Waals surface area contributed by atoms with E-state index in [9.17, 15) is 22.4 Å². The first-order chi connectivity index (χ1) is 15.8. The van der Waals surface area contributed by atoms with Crippen molar-refractivity contribution in [2.45, 2.75) is 39.0 Å². The SMILES string of the molecule is CCc1ccc(OCn2cc(NC(=O)c3cccc(COCC(F)(F)C(F)F)c3)cn2)cc1. The Balaban J connectivity index is 1.51. The molecule has 0 bridgehead atoms. The lowest BCUT2D eigenvalue weighted by Gasteiger charge is -2.15. The maximum absolute atomic E-state index is 12.9. The van der Waals surface area contributed by atoms with Crippen LogP contribution >= 0.6 is 0 Å². The lowest BCUT2D eigenvalue weighted by atomic mass is 10.1. The Kier molecular flexibility index (Phi) is 8.05. The molecule has 33 heavy (non-hydrogen) atoms. The van der Waals surface area contributed by atoms with Gasteiger partial charge in [0.1, 0.15) is 12.4 Å². The molecular formula is C23H23F4N3O3. The second kappa shape index (κ2) is 11.0. The summed E-state index contributed by atoms with van der Waals surface area (Å²) in [6, 6.07) is 13.7. The maximum Gasteiger partial charge on any atom is 0.330 e. The first kappa shape index (κ1) is 24.2. The lowest BCUT2D eigenvalue weighted by Crippen LogP contribution is -2.32. The number of anilines is 1. The second-order valence-corrected chi connectivity index (χ2v) is 7.25. The summed E-state index contributed by atoms with van der Waals surface area (Å²) in [5.41, 5.74) is 2.28. The molecule has 0 aliphatic carbocycles. The van der Waals surface area contributed by atoms with Crippen LogP contribution in [0.4, 0.5) is 23.2 Å². The number of hydrogen-bond donors (Lipinski definition) is 1. The number of carbonyl (C=O) groups excluding carboxylic acids is 1. The Bertz CT molecular complexity index is 1060.